The number of ether oxygens (including phenoxy) is 1. The molecule has 4 rings (SSSR count). The molecule has 1 amide bonds. The van der Waals surface area contributed by atoms with Crippen molar-refractivity contribution in [3.63, 3.8) is 0 Å². The number of rotatable bonds is 6. The Morgan fingerprint density at radius 3 is 2.63 bits per heavy atom. The van der Waals surface area contributed by atoms with E-state index in [1.807, 2.05) is 49.4 Å². The molecule has 0 spiro atoms. The molecule has 0 unspecified atom stereocenters. The zero-order valence-electron chi connectivity index (χ0n) is 16.0. The number of aryl methyl sites for hydroxylation is 1. The lowest BCUT2D eigenvalue weighted by molar-refractivity contribution is -0.121. The lowest BCUT2D eigenvalue weighted by Gasteiger charge is -2.10. The zero-order valence-corrected chi connectivity index (χ0v) is 17.7. The fourth-order valence-electron chi connectivity index (χ4n) is 2.68. The molecule has 152 valence electrons. The highest BCUT2D eigenvalue weighted by Gasteiger charge is 2.12. The van der Waals surface area contributed by atoms with E-state index in [0.717, 1.165) is 33.5 Å². The van der Waals surface area contributed by atoms with E-state index in [1.54, 1.807) is 16.6 Å². The van der Waals surface area contributed by atoms with Gasteiger partial charge >= 0.3 is 0 Å². The van der Waals surface area contributed by atoms with Crippen LogP contribution in [0, 0.1) is 0 Å². The van der Waals surface area contributed by atoms with Gasteiger partial charge < -0.3 is 10.1 Å². The maximum Gasteiger partial charge on any atom is 0.264 e. The molecule has 0 radical (unpaired) electrons. The number of aromatic nitrogens is 4. The molecule has 2 N–H and O–H groups in total. The normalized spacial score (nSPS) is 10.7. The van der Waals surface area contributed by atoms with Crippen LogP contribution in [0.4, 0.5) is 5.69 Å². The van der Waals surface area contributed by atoms with Crippen molar-refractivity contribution < 1.29 is 9.53 Å². The molecule has 0 atom stereocenters. The van der Waals surface area contributed by atoms with Gasteiger partial charge in [0.25, 0.3) is 5.91 Å². The lowest BCUT2D eigenvalue weighted by Crippen LogP contribution is -2.37. The highest BCUT2D eigenvalue weighted by atomic mass is 32.1. The number of benzene rings is 2. The molecule has 0 aliphatic carbocycles. The Hall–Kier alpha value is -3.37. The minimum atomic E-state index is -0.334. The number of nitrogens with zero attached hydrogens (tertiary/aromatic N) is 4. The molecule has 0 saturated heterocycles. The Bertz CT molecular complexity index is 1170. The highest BCUT2D eigenvalue weighted by molar-refractivity contribution is 7.80. The minimum absolute atomic E-state index is 0.120. The third-order valence-corrected chi connectivity index (χ3v) is 5.28. The van der Waals surface area contributed by atoms with Gasteiger partial charge in [0.1, 0.15) is 10.8 Å². The van der Waals surface area contributed by atoms with Gasteiger partial charge in [0.05, 0.1) is 0 Å². The minimum Gasteiger partial charge on any atom is -0.484 e. The van der Waals surface area contributed by atoms with Crippen LogP contribution in [0.3, 0.4) is 0 Å². The highest BCUT2D eigenvalue weighted by Crippen LogP contribution is 2.26. The fraction of sp³-hybridized carbons (Fsp3) is 0.150. The van der Waals surface area contributed by atoms with Crippen LogP contribution >= 0.6 is 23.6 Å². The van der Waals surface area contributed by atoms with Crippen molar-refractivity contribution in [1.29, 1.82) is 0 Å². The Balaban J connectivity index is 1.32. The SMILES string of the molecule is CCc1nnc2sc(-c3ccc(NC(=S)NC(=O)COc4ccccc4)cc3)nn12. The van der Waals surface area contributed by atoms with Crippen molar-refractivity contribution in [2.45, 2.75) is 13.3 Å². The van der Waals surface area contributed by atoms with Crippen molar-refractivity contribution in [2.24, 2.45) is 0 Å². The maximum absolute atomic E-state index is 12.0. The molecule has 2 aromatic heterocycles. The van der Waals surface area contributed by atoms with Crippen LogP contribution in [0.15, 0.2) is 54.6 Å². The molecule has 0 saturated carbocycles. The summed E-state index contributed by atoms with van der Waals surface area (Å²) in [5.74, 6) is 1.13. The van der Waals surface area contributed by atoms with E-state index in [0.29, 0.717) is 5.75 Å². The maximum atomic E-state index is 12.0. The van der Waals surface area contributed by atoms with E-state index >= 15 is 0 Å². The van der Waals surface area contributed by atoms with Gasteiger partial charge in [-0.2, -0.15) is 9.61 Å². The van der Waals surface area contributed by atoms with E-state index in [4.69, 9.17) is 17.0 Å². The molecule has 0 fully saturated rings. The quantitative estimate of drug-likeness (QED) is 0.446. The molecule has 0 aliphatic rings. The van der Waals surface area contributed by atoms with Gasteiger partial charge in [-0.05, 0) is 48.6 Å². The van der Waals surface area contributed by atoms with Crippen molar-refractivity contribution in [2.75, 3.05) is 11.9 Å². The average Bonchev–Trinajstić information content (AvgIpc) is 3.34. The number of anilines is 1. The topological polar surface area (TPSA) is 93.4 Å². The summed E-state index contributed by atoms with van der Waals surface area (Å²) in [5, 5.41) is 19.5. The molecule has 4 aromatic rings. The first kappa shape index (κ1) is 19.9. The molecule has 10 heteroatoms. The van der Waals surface area contributed by atoms with E-state index in [2.05, 4.69) is 25.9 Å². The van der Waals surface area contributed by atoms with Crippen LogP contribution in [0.2, 0.25) is 0 Å². The van der Waals surface area contributed by atoms with Crippen LogP contribution in [0.25, 0.3) is 15.5 Å². The number of fused-ring (bicyclic) bond motifs is 1. The molecular formula is C20H18N6O2S2. The number of carbonyl (C=O) groups excluding carboxylic acids is 1. The molecule has 0 bridgehead atoms. The summed E-state index contributed by atoms with van der Waals surface area (Å²) in [5.41, 5.74) is 1.72. The van der Waals surface area contributed by atoms with E-state index in [-0.39, 0.29) is 17.6 Å². The number of hydrogen-bond acceptors (Lipinski definition) is 7. The first-order valence-electron chi connectivity index (χ1n) is 9.22. The van der Waals surface area contributed by atoms with Crippen LogP contribution in [0.1, 0.15) is 12.7 Å². The van der Waals surface area contributed by atoms with Crippen molar-refractivity contribution in [1.82, 2.24) is 25.1 Å². The predicted octanol–water partition coefficient (Wildman–Crippen LogP) is 3.31. The van der Waals surface area contributed by atoms with Gasteiger partial charge in [-0.15, -0.1) is 10.2 Å². The smallest absolute Gasteiger partial charge is 0.264 e. The predicted molar refractivity (Wildman–Crippen MR) is 120 cm³/mol. The van der Waals surface area contributed by atoms with Gasteiger partial charge in [-0.3, -0.25) is 10.1 Å². The Labute approximate surface area is 181 Å². The lowest BCUT2D eigenvalue weighted by atomic mass is 10.2. The van der Waals surface area contributed by atoms with Crippen molar-refractivity contribution in [3.8, 4) is 16.3 Å². The van der Waals surface area contributed by atoms with Gasteiger partial charge in [0.2, 0.25) is 4.96 Å². The summed E-state index contributed by atoms with van der Waals surface area (Å²) < 4.78 is 7.17. The largest absolute Gasteiger partial charge is 0.484 e. The standard InChI is InChI=1S/C20H18N6O2S2/c1-2-16-23-24-20-26(16)25-18(30-20)13-8-10-14(11-9-13)21-19(29)22-17(27)12-28-15-6-4-3-5-7-15/h3-11H,2,12H2,1H3,(H2,21,22,27,29). The van der Waals surface area contributed by atoms with Gasteiger partial charge in [-0.25, -0.2) is 0 Å². The zero-order chi connectivity index (χ0) is 20.9. The summed E-state index contributed by atoms with van der Waals surface area (Å²) in [6.45, 7) is 1.90. The molecule has 8 nitrogen and oxygen atoms in total. The summed E-state index contributed by atoms with van der Waals surface area (Å²) in [6, 6.07) is 16.7. The van der Waals surface area contributed by atoms with Crippen LogP contribution in [-0.2, 0) is 11.2 Å². The fourth-order valence-corrected chi connectivity index (χ4v) is 3.78. The molecule has 2 aromatic carbocycles. The van der Waals surface area contributed by atoms with E-state index < -0.39 is 0 Å². The van der Waals surface area contributed by atoms with Gasteiger partial charge in [0.15, 0.2) is 17.5 Å². The summed E-state index contributed by atoms with van der Waals surface area (Å²) in [6.07, 6.45) is 0.771. The van der Waals surface area contributed by atoms with Crippen LogP contribution in [-0.4, -0.2) is 37.4 Å². The monoisotopic (exact) mass is 438 g/mol. The Morgan fingerprint density at radius 1 is 1.13 bits per heavy atom. The molecular weight excluding hydrogens is 420 g/mol. The summed E-state index contributed by atoms with van der Waals surface area (Å²) >= 11 is 6.68. The van der Waals surface area contributed by atoms with Gasteiger partial charge in [0, 0.05) is 17.7 Å². The third kappa shape index (κ3) is 4.61. The van der Waals surface area contributed by atoms with Crippen molar-refractivity contribution in [3.05, 3.63) is 60.4 Å². The molecule has 2 heterocycles. The van der Waals surface area contributed by atoms with Crippen molar-refractivity contribution >= 4 is 45.2 Å². The average molecular weight is 439 g/mol. The number of nitrogens with one attached hydrogen (secondary N) is 2. The number of carbonyl (C=O) groups is 1. The second-order valence-corrected chi connectivity index (χ2v) is 7.62. The number of para-hydroxylation sites is 1. The summed E-state index contributed by atoms with van der Waals surface area (Å²) in [7, 11) is 0. The van der Waals surface area contributed by atoms with E-state index in [1.165, 1.54) is 11.3 Å². The number of amides is 1. The second-order valence-electron chi connectivity index (χ2n) is 6.25. The first-order valence-corrected chi connectivity index (χ1v) is 10.4. The number of hydrogen-bond donors (Lipinski definition) is 2. The first-order chi connectivity index (χ1) is 14.6. The van der Waals surface area contributed by atoms with Gasteiger partial charge in [-0.1, -0.05) is 36.5 Å². The number of thiocarbonyl (C=S) groups is 1. The summed E-state index contributed by atoms with van der Waals surface area (Å²) in [4.78, 5) is 12.8. The second kappa shape index (κ2) is 8.97. The third-order valence-electron chi connectivity index (χ3n) is 4.13. The molecule has 0 aliphatic heterocycles. The Morgan fingerprint density at radius 2 is 1.90 bits per heavy atom. The molecule has 30 heavy (non-hydrogen) atoms. The van der Waals surface area contributed by atoms with E-state index in [9.17, 15) is 4.79 Å². The Kier molecular flexibility index (Phi) is 5.96. The van der Waals surface area contributed by atoms with Crippen LogP contribution < -0.4 is 15.4 Å². The van der Waals surface area contributed by atoms with Crippen LogP contribution in [0.5, 0.6) is 5.75 Å².